The molecular weight excluding hydrogens is 200 g/mol. The molecule has 0 aromatic rings. The summed E-state index contributed by atoms with van der Waals surface area (Å²) in [7, 11) is 2.22. The molecule has 3 heteroatoms. The molecule has 0 bridgehead atoms. The molecule has 0 spiro atoms. The smallest absolute Gasteiger partial charge is 0.0641 e. The number of rotatable bonds is 3. The molecule has 2 aliphatic rings. The average molecular weight is 226 g/mol. The maximum absolute atomic E-state index is 5.74. The Labute approximate surface area is 99.5 Å². The van der Waals surface area contributed by atoms with Crippen LogP contribution in [0.1, 0.15) is 33.1 Å². The van der Waals surface area contributed by atoms with Crippen LogP contribution in [0.3, 0.4) is 0 Å². The van der Waals surface area contributed by atoms with Crippen molar-refractivity contribution in [3.8, 4) is 0 Å². The van der Waals surface area contributed by atoms with E-state index in [2.05, 4.69) is 31.1 Å². The normalized spacial score (nSPS) is 35.4. The summed E-state index contributed by atoms with van der Waals surface area (Å²) in [5.74, 6) is 0.857. The van der Waals surface area contributed by atoms with Gasteiger partial charge in [0, 0.05) is 19.2 Å². The molecule has 0 saturated carbocycles. The summed E-state index contributed by atoms with van der Waals surface area (Å²) in [6.45, 7) is 9.03. The van der Waals surface area contributed by atoms with Gasteiger partial charge in [0.1, 0.15) is 0 Å². The quantitative estimate of drug-likeness (QED) is 0.789. The van der Waals surface area contributed by atoms with E-state index in [9.17, 15) is 0 Å². The van der Waals surface area contributed by atoms with Crippen LogP contribution in [-0.4, -0.2) is 49.8 Å². The lowest BCUT2D eigenvalue weighted by Gasteiger charge is -2.36. The van der Waals surface area contributed by atoms with Crippen LogP contribution in [-0.2, 0) is 4.74 Å². The highest BCUT2D eigenvalue weighted by atomic mass is 16.5. The van der Waals surface area contributed by atoms with E-state index < -0.39 is 0 Å². The molecule has 0 aromatic carbocycles. The van der Waals surface area contributed by atoms with Crippen LogP contribution in [0, 0.1) is 5.92 Å². The van der Waals surface area contributed by atoms with Crippen molar-refractivity contribution in [2.75, 3.05) is 33.3 Å². The van der Waals surface area contributed by atoms with Gasteiger partial charge in [-0.05, 0) is 59.2 Å². The van der Waals surface area contributed by atoms with Gasteiger partial charge in [-0.2, -0.15) is 0 Å². The van der Waals surface area contributed by atoms with Crippen molar-refractivity contribution >= 4 is 0 Å². The fourth-order valence-corrected chi connectivity index (χ4v) is 2.93. The summed E-state index contributed by atoms with van der Waals surface area (Å²) >= 11 is 0. The van der Waals surface area contributed by atoms with Gasteiger partial charge in [-0.15, -0.1) is 0 Å². The van der Waals surface area contributed by atoms with Gasteiger partial charge in [0.05, 0.1) is 5.60 Å². The van der Waals surface area contributed by atoms with Crippen molar-refractivity contribution in [2.45, 2.75) is 44.8 Å². The van der Waals surface area contributed by atoms with Crippen molar-refractivity contribution in [3.05, 3.63) is 0 Å². The highest BCUT2D eigenvalue weighted by Crippen LogP contribution is 2.24. The SMILES string of the molecule is CN1CCC(CNC2CCOC(C)(C)C2)C1. The van der Waals surface area contributed by atoms with Gasteiger partial charge < -0.3 is 15.0 Å². The fraction of sp³-hybridized carbons (Fsp3) is 1.00. The van der Waals surface area contributed by atoms with Gasteiger partial charge in [0.25, 0.3) is 0 Å². The second kappa shape index (κ2) is 5.03. The number of nitrogens with one attached hydrogen (secondary N) is 1. The molecule has 0 aromatic heterocycles. The molecule has 2 rings (SSSR count). The molecule has 2 atom stereocenters. The summed E-state index contributed by atoms with van der Waals surface area (Å²) in [4.78, 5) is 2.43. The largest absolute Gasteiger partial charge is 0.375 e. The standard InChI is InChI=1S/C13H26N2O/c1-13(2)8-12(5-7-16-13)14-9-11-4-6-15(3)10-11/h11-12,14H,4-10H2,1-3H3. The number of ether oxygens (including phenoxy) is 1. The molecule has 3 nitrogen and oxygen atoms in total. The number of nitrogens with zero attached hydrogens (tertiary/aromatic N) is 1. The first kappa shape index (κ1) is 12.3. The third-order valence-electron chi connectivity index (χ3n) is 3.88. The van der Waals surface area contributed by atoms with E-state index >= 15 is 0 Å². The van der Waals surface area contributed by atoms with Crippen LogP contribution in [0.25, 0.3) is 0 Å². The first-order valence-electron chi connectivity index (χ1n) is 6.61. The zero-order valence-corrected chi connectivity index (χ0v) is 11.0. The number of likely N-dealkylation sites (tertiary alicyclic amines) is 1. The summed E-state index contributed by atoms with van der Waals surface area (Å²) < 4.78 is 5.74. The van der Waals surface area contributed by atoms with Crippen molar-refractivity contribution < 1.29 is 4.74 Å². The van der Waals surface area contributed by atoms with E-state index in [-0.39, 0.29) is 5.60 Å². The van der Waals surface area contributed by atoms with Gasteiger partial charge in [-0.3, -0.25) is 0 Å². The van der Waals surface area contributed by atoms with Gasteiger partial charge in [-0.1, -0.05) is 0 Å². The van der Waals surface area contributed by atoms with Crippen molar-refractivity contribution in [2.24, 2.45) is 5.92 Å². The molecule has 16 heavy (non-hydrogen) atoms. The number of hydrogen-bond donors (Lipinski definition) is 1. The average Bonchev–Trinajstić information content (AvgIpc) is 2.60. The molecule has 2 fully saturated rings. The topological polar surface area (TPSA) is 24.5 Å². The lowest BCUT2D eigenvalue weighted by molar-refractivity contribution is -0.0631. The Bertz CT molecular complexity index is 230. The molecule has 2 heterocycles. The number of hydrogen-bond acceptors (Lipinski definition) is 3. The third-order valence-corrected chi connectivity index (χ3v) is 3.88. The van der Waals surface area contributed by atoms with E-state index in [0.717, 1.165) is 18.9 Å². The molecule has 0 aliphatic carbocycles. The molecule has 0 radical (unpaired) electrons. The van der Waals surface area contributed by atoms with Crippen LogP contribution in [0.5, 0.6) is 0 Å². The second-order valence-corrected chi connectivity index (χ2v) is 6.12. The molecule has 2 unspecified atom stereocenters. The van der Waals surface area contributed by atoms with Gasteiger partial charge in [-0.25, -0.2) is 0 Å². The van der Waals surface area contributed by atoms with Crippen LogP contribution >= 0.6 is 0 Å². The second-order valence-electron chi connectivity index (χ2n) is 6.12. The monoisotopic (exact) mass is 226 g/mol. The Morgan fingerprint density at radius 2 is 2.19 bits per heavy atom. The summed E-state index contributed by atoms with van der Waals surface area (Å²) in [5, 5.41) is 3.73. The Morgan fingerprint density at radius 1 is 1.38 bits per heavy atom. The molecule has 2 saturated heterocycles. The fourth-order valence-electron chi connectivity index (χ4n) is 2.93. The lowest BCUT2D eigenvalue weighted by atomic mass is 9.93. The van der Waals surface area contributed by atoms with Gasteiger partial charge in [0.2, 0.25) is 0 Å². The molecule has 2 aliphatic heterocycles. The van der Waals surface area contributed by atoms with Gasteiger partial charge in [0.15, 0.2) is 0 Å². The van der Waals surface area contributed by atoms with Crippen molar-refractivity contribution in [3.63, 3.8) is 0 Å². The van der Waals surface area contributed by atoms with E-state index in [1.54, 1.807) is 0 Å². The third kappa shape index (κ3) is 3.44. The highest BCUT2D eigenvalue weighted by molar-refractivity contribution is 4.84. The van der Waals surface area contributed by atoms with Crippen LogP contribution < -0.4 is 5.32 Å². The molecule has 94 valence electrons. The Balaban J connectivity index is 1.69. The Morgan fingerprint density at radius 3 is 2.81 bits per heavy atom. The predicted molar refractivity (Wildman–Crippen MR) is 66.7 cm³/mol. The molecule has 0 amide bonds. The van der Waals surface area contributed by atoms with Crippen LogP contribution in [0.4, 0.5) is 0 Å². The zero-order valence-electron chi connectivity index (χ0n) is 11.0. The summed E-state index contributed by atoms with van der Waals surface area (Å²) in [5.41, 5.74) is 0.0718. The highest BCUT2D eigenvalue weighted by Gasteiger charge is 2.29. The van der Waals surface area contributed by atoms with Crippen LogP contribution in [0.2, 0.25) is 0 Å². The summed E-state index contributed by atoms with van der Waals surface area (Å²) in [6, 6.07) is 0.662. The zero-order chi connectivity index (χ0) is 11.6. The first-order valence-corrected chi connectivity index (χ1v) is 6.61. The van der Waals surface area contributed by atoms with E-state index in [0.29, 0.717) is 6.04 Å². The van der Waals surface area contributed by atoms with E-state index in [4.69, 9.17) is 4.74 Å². The maximum atomic E-state index is 5.74. The molecular formula is C13H26N2O. The maximum Gasteiger partial charge on any atom is 0.0641 e. The first-order chi connectivity index (χ1) is 7.55. The minimum Gasteiger partial charge on any atom is -0.375 e. The van der Waals surface area contributed by atoms with Crippen molar-refractivity contribution in [1.29, 1.82) is 0 Å². The van der Waals surface area contributed by atoms with E-state index in [1.165, 1.54) is 32.5 Å². The molecule has 1 N–H and O–H groups in total. The minimum atomic E-state index is 0.0718. The lowest BCUT2D eigenvalue weighted by Crippen LogP contribution is -2.45. The summed E-state index contributed by atoms with van der Waals surface area (Å²) in [6.07, 6.45) is 3.68. The van der Waals surface area contributed by atoms with Gasteiger partial charge >= 0.3 is 0 Å². The minimum absolute atomic E-state index is 0.0718. The van der Waals surface area contributed by atoms with E-state index in [1.807, 2.05) is 0 Å². The van der Waals surface area contributed by atoms with Crippen molar-refractivity contribution in [1.82, 2.24) is 10.2 Å². The Kier molecular flexibility index (Phi) is 3.88. The van der Waals surface area contributed by atoms with Crippen LogP contribution in [0.15, 0.2) is 0 Å². The predicted octanol–water partition coefficient (Wildman–Crippen LogP) is 1.49. The Hall–Kier alpha value is -0.120.